The van der Waals surface area contributed by atoms with E-state index in [0.29, 0.717) is 11.1 Å². The SMILES string of the molecule is COC(=O)C[C@@H](NC(=O)c1ccc(C#N)cc1)c1ccccc1. The summed E-state index contributed by atoms with van der Waals surface area (Å²) < 4.78 is 4.69. The first kappa shape index (κ1) is 16.2. The van der Waals surface area contributed by atoms with Crippen molar-refractivity contribution in [2.24, 2.45) is 0 Å². The molecule has 0 saturated carbocycles. The van der Waals surface area contributed by atoms with Crippen molar-refractivity contribution in [3.63, 3.8) is 0 Å². The number of hydrogen-bond acceptors (Lipinski definition) is 4. The molecule has 0 heterocycles. The quantitative estimate of drug-likeness (QED) is 0.861. The molecular weight excluding hydrogens is 292 g/mol. The molecule has 5 heteroatoms. The Morgan fingerprint density at radius 2 is 1.78 bits per heavy atom. The zero-order valence-electron chi connectivity index (χ0n) is 12.7. The van der Waals surface area contributed by atoms with E-state index < -0.39 is 12.0 Å². The van der Waals surface area contributed by atoms with E-state index in [9.17, 15) is 9.59 Å². The minimum Gasteiger partial charge on any atom is -0.469 e. The van der Waals surface area contributed by atoms with Crippen molar-refractivity contribution >= 4 is 11.9 Å². The molecule has 0 saturated heterocycles. The molecule has 0 unspecified atom stereocenters. The first-order valence-electron chi connectivity index (χ1n) is 7.07. The third-order valence-corrected chi connectivity index (χ3v) is 3.38. The third kappa shape index (κ3) is 4.42. The highest BCUT2D eigenvalue weighted by Gasteiger charge is 2.19. The van der Waals surface area contributed by atoms with E-state index in [2.05, 4.69) is 5.32 Å². The fraction of sp³-hybridized carbons (Fsp3) is 0.167. The summed E-state index contributed by atoms with van der Waals surface area (Å²) in [5, 5.41) is 11.6. The lowest BCUT2D eigenvalue weighted by atomic mass is 10.0. The molecule has 0 spiro atoms. The average molecular weight is 308 g/mol. The number of nitrogens with zero attached hydrogens (tertiary/aromatic N) is 1. The molecular formula is C18H16N2O3. The Balaban J connectivity index is 2.17. The lowest BCUT2D eigenvalue weighted by Crippen LogP contribution is -2.30. The van der Waals surface area contributed by atoms with Gasteiger partial charge in [-0.25, -0.2) is 0 Å². The smallest absolute Gasteiger partial charge is 0.307 e. The molecule has 0 aliphatic heterocycles. The van der Waals surface area contributed by atoms with Crippen LogP contribution in [0.4, 0.5) is 0 Å². The number of hydrogen-bond donors (Lipinski definition) is 1. The predicted octanol–water partition coefficient (Wildman–Crippen LogP) is 2.59. The molecule has 0 aliphatic carbocycles. The molecule has 1 amide bonds. The van der Waals surface area contributed by atoms with Gasteiger partial charge in [-0.3, -0.25) is 9.59 Å². The Morgan fingerprint density at radius 1 is 1.13 bits per heavy atom. The van der Waals surface area contributed by atoms with E-state index in [4.69, 9.17) is 10.00 Å². The molecule has 5 nitrogen and oxygen atoms in total. The topological polar surface area (TPSA) is 79.2 Å². The molecule has 2 rings (SSSR count). The number of rotatable bonds is 5. The van der Waals surface area contributed by atoms with E-state index in [0.717, 1.165) is 5.56 Å². The van der Waals surface area contributed by atoms with Crippen molar-refractivity contribution in [1.29, 1.82) is 5.26 Å². The molecule has 0 radical (unpaired) electrons. The van der Waals surface area contributed by atoms with Gasteiger partial charge in [0.05, 0.1) is 31.2 Å². The van der Waals surface area contributed by atoms with Gasteiger partial charge in [0.1, 0.15) is 0 Å². The monoisotopic (exact) mass is 308 g/mol. The predicted molar refractivity (Wildman–Crippen MR) is 84.4 cm³/mol. The minimum absolute atomic E-state index is 0.0442. The first-order valence-corrected chi connectivity index (χ1v) is 7.07. The Kier molecular flexibility index (Phi) is 5.48. The molecule has 1 atom stereocenters. The molecule has 0 aromatic heterocycles. The van der Waals surface area contributed by atoms with E-state index in [1.807, 2.05) is 36.4 Å². The Bertz CT molecular complexity index is 718. The van der Waals surface area contributed by atoms with Crippen LogP contribution < -0.4 is 5.32 Å². The zero-order chi connectivity index (χ0) is 16.7. The minimum atomic E-state index is -0.480. The van der Waals surface area contributed by atoms with Gasteiger partial charge in [-0.1, -0.05) is 30.3 Å². The number of nitriles is 1. The van der Waals surface area contributed by atoms with Gasteiger partial charge in [-0.15, -0.1) is 0 Å². The molecule has 0 aliphatic rings. The lowest BCUT2D eigenvalue weighted by Gasteiger charge is -2.18. The molecule has 1 N–H and O–H groups in total. The van der Waals surface area contributed by atoms with Gasteiger partial charge >= 0.3 is 5.97 Å². The van der Waals surface area contributed by atoms with E-state index in [1.165, 1.54) is 7.11 Å². The van der Waals surface area contributed by atoms with Crippen LogP contribution in [-0.2, 0) is 9.53 Å². The Labute approximate surface area is 134 Å². The number of esters is 1. The van der Waals surface area contributed by atoms with Gasteiger partial charge in [0.25, 0.3) is 5.91 Å². The number of carbonyl (C=O) groups excluding carboxylic acids is 2. The average Bonchev–Trinajstić information content (AvgIpc) is 2.61. The summed E-state index contributed by atoms with van der Waals surface area (Å²) in [5.41, 5.74) is 1.73. The van der Waals surface area contributed by atoms with Crippen LogP contribution in [0.5, 0.6) is 0 Å². The van der Waals surface area contributed by atoms with Gasteiger partial charge < -0.3 is 10.1 Å². The number of amides is 1. The van der Waals surface area contributed by atoms with Gasteiger partial charge in [0.15, 0.2) is 0 Å². The van der Waals surface area contributed by atoms with Crippen molar-refractivity contribution in [1.82, 2.24) is 5.32 Å². The van der Waals surface area contributed by atoms with Crippen LogP contribution in [0.1, 0.15) is 33.9 Å². The third-order valence-electron chi connectivity index (χ3n) is 3.38. The highest BCUT2D eigenvalue weighted by Crippen LogP contribution is 2.18. The largest absolute Gasteiger partial charge is 0.469 e. The number of benzene rings is 2. The molecule has 2 aromatic rings. The maximum atomic E-state index is 12.4. The van der Waals surface area contributed by atoms with Gasteiger partial charge in [-0.05, 0) is 29.8 Å². The molecule has 23 heavy (non-hydrogen) atoms. The second-order valence-electron chi connectivity index (χ2n) is 4.91. The highest BCUT2D eigenvalue weighted by molar-refractivity contribution is 5.94. The van der Waals surface area contributed by atoms with Crippen LogP contribution in [-0.4, -0.2) is 19.0 Å². The standard InChI is InChI=1S/C18H16N2O3/c1-23-17(21)11-16(14-5-3-2-4-6-14)20-18(22)15-9-7-13(12-19)8-10-15/h2-10,16H,11H2,1H3,(H,20,22)/t16-/m1/s1. The van der Waals surface area contributed by atoms with Crippen molar-refractivity contribution in [2.45, 2.75) is 12.5 Å². The molecule has 0 bridgehead atoms. The van der Waals surface area contributed by atoms with E-state index in [-0.39, 0.29) is 12.3 Å². The maximum Gasteiger partial charge on any atom is 0.307 e. The normalized spacial score (nSPS) is 11.1. The number of ether oxygens (including phenoxy) is 1. The fourth-order valence-corrected chi connectivity index (χ4v) is 2.13. The highest BCUT2D eigenvalue weighted by atomic mass is 16.5. The van der Waals surface area contributed by atoms with Gasteiger partial charge in [0.2, 0.25) is 0 Å². The summed E-state index contributed by atoms with van der Waals surface area (Å²) in [4.78, 5) is 23.9. The van der Waals surface area contributed by atoms with E-state index >= 15 is 0 Å². The zero-order valence-corrected chi connectivity index (χ0v) is 12.7. The van der Waals surface area contributed by atoms with Gasteiger partial charge in [0, 0.05) is 5.56 Å². The molecule has 0 fully saturated rings. The van der Waals surface area contributed by atoms with Crippen LogP contribution in [0.3, 0.4) is 0 Å². The second-order valence-corrected chi connectivity index (χ2v) is 4.91. The lowest BCUT2D eigenvalue weighted by molar-refractivity contribution is -0.141. The number of nitrogens with one attached hydrogen (secondary N) is 1. The summed E-state index contributed by atoms with van der Waals surface area (Å²) in [6.07, 6.45) is 0.0442. The van der Waals surface area contributed by atoms with Crippen LogP contribution in [0.15, 0.2) is 54.6 Å². The Morgan fingerprint density at radius 3 is 2.35 bits per heavy atom. The van der Waals surface area contributed by atoms with Crippen LogP contribution in [0.2, 0.25) is 0 Å². The van der Waals surface area contributed by atoms with Crippen LogP contribution in [0, 0.1) is 11.3 Å². The first-order chi connectivity index (χ1) is 11.1. The summed E-state index contributed by atoms with van der Waals surface area (Å²) in [7, 11) is 1.31. The van der Waals surface area contributed by atoms with Crippen molar-refractivity contribution < 1.29 is 14.3 Å². The molecule has 2 aromatic carbocycles. The summed E-state index contributed by atoms with van der Waals surface area (Å²) in [6.45, 7) is 0. The summed E-state index contributed by atoms with van der Waals surface area (Å²) >= 11 is 0. The van der Waals surface area contributed by atoms with E-state index in [1.54, 1.807) is 24.3 Å². The van der Waals surface area contributed by atoms with Crippen molar-refractivity contribution in [2.75, 3.05) is 7.11 Å². The Hall–Kier alpha value is -3.13. The second kappa shape index (κ2) is 7.76. The fourth-order valence-electron chi connectivity index (χ4n) is 2.13. The molecule has 116 valence electrons. The number of carbonyl (C=O) groups is 2. The summed E-state index contributed by atoms with van der Waals surface area (Å²) in [6, 6.07) is 17.1. The van der Waals surface area contributed by atoms with Crippen LogP contribution in [0.25, 0.3) is 0 Å². The van der Waals surface area contributed by atoms with Crippen molar-refractivity contribution in [3.8, 4) is 6.07 Å². The van der Waals surface area contributed by atoms with Crippen molar-refractivity contribution in [3.05, 3.63) is 71.3 Å². The van der Waals surface area contributed by atoms with Gasteiger partial charge in [-0.2, -0.15) is 5.26 Å². The summed E-state index contributed by atoms with van der Waals surface area (Å²) in [5.74, 6) is -0.716. The van der Waals surface area contributed by atoms with Crippen LogP contribution >= 0.6 is 0 Å². The maximum absolute atomic E-state index is 12.4. The number of methoxy groups -OCH3 is 1.